The summed E-state index contributed by atoms with van der Waals surface area (Å²) in [6.45, 7) is 5.32. The highest BCUT2D eigenvalue weighted by Crippen LogP contribution is 2.31. The third-order valence-electron chi connectivity index (χ3n) is 5.36. The molecule has 36 heavy (non-hydrogen) atoms. The van der Waals surface area contributed by atoms with Gasteiger partial charge in [-0.25, -0.2) is 22.3 Å². The maximum atomic E-state index is 14.1. The van der Waals surface area contributed by atoms with Crippen molar-refractivity contribution >= 4 is 22.1 Å². The van der Waals surface area contributed by atoms with Crippen LogP contribution in [0, 0.1) is 11.7 Å². The number of benzene rings is 1. The summed E-state index contributed by atoms with van der Waals surface area (Å²) in [5.41, 5.74) is 0.619. The van der Waals surface area contributed by atoms with Crippen molar-refractivity contribution in [1.29, 1.82) is 0 Å². The van der Waals surface area contributed by atoms with Crippen LogP contribution in [0.2, 0.25) is 0 Å². The van der Waals surface area contributed by atoms with Crippen LogP contribution in [0.4, 0.5) is 9.18 Å². The zero-order valence-electron chi connectivity index (χ0n) is 21.2. The molecule has 1 aromatic rings. The van der Waals surface area contributed by atoms with Gasteiger partial charge in [-0.2, -0.15) is 0 Å². The summed E-state index contributed by atoms with van der Waals surface area (Å²) in [6, 6.07) is 3.84. The SMILES string of the molecule is CCOC(=O)CN(COCCCS(=O)(=O)N[C@H](CC)c1ccc(F)c(OCC2CC2)c1)C(=O)OCC. The van der Waals surface area contributed by atoms with E-state index < -0.39 is 33.9 Å². The molecule has 0 heterocycles. The molecule has 1 aromatic carbocycles. The van der Waals surface area contributed by atoms with Crippen molar-refractivity contribution < 1.29 is 41.3 Å². The van der Waals surface area contributed by atoms with Crippen LogP contribution in [0.5, 0.6) is 5.75 Å². The Balaban J connectivity index is 1.84. The number of amides is 1. The Bertz CT molecular complexity index is 955. The van der Waals surface area contributed by atoms with Crippen LogP contribution in [0.25, 0.3) is 0 Å². The minimum atomic E-state index is -3.68. The summed E-state index contributed by atoms with van der Waals surface area (Å²) >= 11 is 0. The Morgan fingerprint density at radius 1 is 1.17 bits per heavy atom. The number of nitrogens with zero attached hydrogens (tertiary/aromatic N) is 1. The molecule has 0 radical (unpaired) electrons. The average Bonchev–Trinajstić information content (AvgIpc) is 3.66. The molecule has 204 valence electrons. The van der Waals surface area contributed by atoms with E-state index in [2.05, 4.69) is 4.72 Å². The lowest BCUT2D eigenvalue weighted by Crippen LogP contribution is -2.38. The van der Waals surface area contributed by atoms with Gasteiger partial charge in [0.05, 0.1) is 25.6 Å². The molecule has 1 fully saturated rings. The number of hydrogen-bond donors (Lipinski definition) is 1. The molecule has 0 spiro atoms. The minimum absolute atomic E-state index is 0.0339. The summed E-state index contributed by atoms with van der Waals surface area (Å²) in [4.78, 5) is 24.7. The number of hydrogen-bond acceptors (Lipinski definition) is 8. The van der Waals surface area contributed by atoms with Gasteiger partial charge in [0.15, 0.2) is 11.6 Å². The molecule has 0 unspecified atom stereocenters. The molecule has 1 N–H and O–H groups in total. The molecule has 0 bridgehead atoms. The fraction of sp³-hybridized carbons (Fsp3) is 0.667. The lowest BCUT2D eigenvalue weighted by molar-refractivity contribution is -0.145. The largest absolute Gasteiger partial charge is 0.490 e. The first-order valence-corrected chi connectivity index (χ1v) is 13.9. The van der Waals surface area contributed by atoms with Gasteiger partial charge in [0.25, 0.3) is 0 Å². The Morgan fingerprint density at radius 2 is 1.89 bits per heavy atom. The second kappa shape index (κ2) is 15.0. The fourth-order valence-electron chi connectivity index (χ4n) is 3.27. The predicted molar refractivity (Wildman–Crippen MR) is 130 cm³/mol. The monoisotopic (exact) mass is 532 g/mol. The van der Waals surface area contributed by atoms with Gasteiger partial charge < -0.3 is 18.9 Å². The van der Waals surface area contributed by atoms with Crippen LogP contribution in [-0.2, 0) is 29.0 Å². The van der Waals surface area contributed by atoms with Crippen molar-refractivity contribution in [2.75, 3.05) is 45.5 Å². The molecule has 1 saturated carbocycles. The van der Waals surface area contributed by atoms with E-state index in [1.807, 2.05) is 6.92 Å². The second-order valence-electron chi connectivity index (χ2n) is 8.43. The highest BCUT2D eigenvalue weighted by molar-refractivity contribution is 7.89. The number of carbonyl (C=O) groups is 2. The van der Waals surface area contributed by atoms with Crippen LogP contribution < -0.4 is 9.46 Å². The van der Waals surface area contributed by atoms with Gasteiger partial charge in [0, 0.05) is 12.6 Å². The van der Waals surface area contributed by atoms with E-state index >= 15 is 0 Å². The number of halogens is 1. The van der Waals surface area contributed by atoms with Gasteiger partial charge in [-0.15, -0.1) is 0 Å². The van der Waals surface area contributed by atoms with Gasteiger partial charge in [0.2, 0.25) is 10.0 Å². The van der Waals surface area contributed by atoms with Crippen molar-refractivity contribution in [2.24, 2.45) is 5.92 Å². The summed E-state index contributed by atoms with van der Waals surface area (Å²) in [6.07, 6.45) is 2.04. The van der Waals surface area contributed by atoms with E-state index in [1.54, 1.807) is 26.0 Å². The van der Waals surface area contributed by atoms with Gasteiger partial charge in [0.1, 0.15) is 13.3 Å². The molecule has 0 saturated heterocycles. The maximum absolute atomic E-state index is 14.1. The van der Waals surface area contributed by atoms with Crippen molar-refractivity contribution in [3.05, 3.63) is 29.6 Å². The normalized spacial score (nSPS) is 14.2. The lowest BCUT2D eigenvalue weighted by Gasteiger charge is -2.21. The molecular formula is C24H37FN2O8S. The van der Waals surface area contributed by atoms with Crippen molar-refractivity contribution in [3.8, 4) is 5.75 Å². The van der Waals surface area contributed by atoms with Crippen molar-refractivity contribution in [3.63, 3.8) is 0 Å². The number of sulfonamides is 1. The first-order chi connectivity index (χ1) is 17.2. The molecule has 1 aliphatic rings. The molecule has 1 aliphatic carbocycles. The Kier molecular flexibility index (Phi) is 12.4. The Labute approximate surface area is 212 Å². The fourth-order valence-corrected chi connectivity index (χ4v) is 4.62. The molecule has 1 amide bonds. The van der Waals surface area contributed by atoms with E-state index in [0.29, 0.717) is 24.5 Å². The predicted octanol–water partition coefficient (Wildman–Crippen LogP) is 3.37. The third-order valence-corrected chi connectivity index (χ3v) is 6.83. The molecule has 1 atom stereocenters. The lowest BCUT2D eigenvalue weighted by atomic mass is 10.1. The molecule has 12 heteroatoms. The van der Waals surface area contributed by atoms with Gasteiger partial charge in [-0.1, -0.05) is 13.0 Å². The van der Waals surface area contributed by atoms with Crippen LogP contribution >= 0.6 is 0 Å². The number of carbonyl (C=O) groups excluding carboxylic acids is 2. The summed E-state index contributed by atoms with van der Waals surface area (Å²) in [5, 5.41) is 0. The Morgan fingerprint density at radius 3 is 2.53 bits per heavy atom. The number of ether oxygens (including phenoxy) is 4. The van der Waals surface area contributed by atoms with Crippen LogP contribution in [0.3, 0.4) is 0 Å². The first-order valence-electron chi connectivity index (χ1n) is 12.3. The van der Waals surface area contributed by atoms with Crippen molar-refractivity contribution in [2.45, 2.75) is 52.5 Å². The summed E-state index contributed by atoms with van der Waals surface area (Å²) in [5.74, 6) is -0.709. The van der Waals surface area contributed by atoms with Crippen LogP contribution in [0.1, 0.15) is 58.1 Å². The highest BCUT2D eigenvalue weighted by atomic mass is 32.2. The molecule has 10 nitrogen and oxygen atoms in total. The zero-order valence-corrected chi connectivity index (χ0v) is 22.0. The highest BCUT2D eigenvalue weighted by Gasteiger charge is 2.24. The third kappa shape index (κ3) is 10.7. The van der Waals surface area contributed by atoms with E-state index in [1.165, 1.54) is 6.07 Å². The van der Waals surface area contributed by atoms with Gasteiger partial charge in [-0.05, 0) is 63.1 Å². The molecule has 2 rings (SSSR count). The van der Waals surface area contributed by atoms with E-state index in [4.69, 9.17) is 18.9 Å². The van der Waals surface area contributed by atoms with E-state index in [0.717, 1.165) is 17.7 Å². The van der Waals surface area contributed by atoms with Gasteiger partial charge >= 0.3 is 12.1 Å². The number of esters is 1. The van der Waals surface area contributed by atoms with E-state index in [9.17, 15) is 22.4 Å². The van der Waals surface area contributed by atoms with Crippen LogP contribution in [-0.4, -0.2) is 70.8 Å². The molecular weight excluding hydrogens is 495 g/mol. The zero-order chi connectivity index (χ0) is 26.6. The second-order valence-corrected chi connectivity index (χ2v) is 10.3. The number of rotatable bonds is 17. The number of nitrogens with one attached hydrogen (secondary N) is 1. The molecule has 0 aromatic heterocycles. The standard InChI is InChI=1S/C24H37FN2O8S/c1-4-21(19-10-11-20(25)22(14-19)35-16-18-8-9-18)26-36(30,31)13-7-12-32-17-27(24(29)34-6-3)15-23(28)33-5-2/h10-11,14,18,21,26H,4-9,12-13,15-17H2,1-3H3/t21-/m1/s1. The van der Waals surface area contributed by atoms with Crippen molar-refractivity contribution in [1.82, 2.24) is 9.62 Å². The van der Waals surface area contributed by atoms with E-state index in [-0.39, 0.29) is 51.0 Å². The maximum Gasteiger partial charge on any atom is 0.412 e. The summed E-state index contributed by atoms with van der Waals surface area (Å²) < 4.78 is 62.7. The quantitative estimate of drug-likeness (QED) is 0.184. The smallest absolute Gasteiger partial charge is 0.412 e. The summed E-state index contributed by atoms with van der Waals surface area (Å²) in [7, 11) is -3.68. The van der Waals surface area contributed by atoms with Crippen LogP contribution in [0.15, 0.2) is 18.2 Å². The Hall–Kier alpha value is -2.44. The molecule has 0 aliphatic heterocycles. The minimum Gasteiger partial charge on any atom is -0.490 e. The first kappa shape index (κ1) is 29.8. The van der Waals surface area contributed by atoms with Gasteiger partial charge in [-0.3, -0.25) is 9.69 Å². The topological polar surface area (TPSA) is 120 Å². The average molecular weight is 533 g/mol.